The van der Waals surface area contributed by atoms with E-state index in [1.165, 1.54) is 6.92 Å². The zero-order valence-corrected chi connectivity index (χ0v) is 15.3. The minimum Gasteiger partial charge on any atom is -0.870 e. The zero-order chi connectivity index (χ0) is 19.1. The lowest BCUT2D eigenvalue weighted by Crippen LogP contribution is -2.26. The smallest absolute Gasteiger partial charge is 0.302 e. The molecule has 0 fully saturated rings. The number of carbonyl (C=O) groups excluding carboxylic acids is 1. The second-order valence-electron chi connectivity index (χ2n) is 5.97. The average Bonchev–Trinajstić information content (AvgIpc) is 2.36. The largest absolute Gasteiger partial charge is 0.870 e. The first-order valence-corrected chi connectivity index (χ1v) is 8.23. The van der Waals surface area contributed by atoms with Crippen molar-refractivity contribution in [3.8, 4) is 0 Å². The van der Waals surface area contributed by atoms with Crippen molar-refractivity contribution in [1.82, 2.24) is 0 Å². The lowest BCUT2D eigenvalue weighted by atomic mass is 10.0. The second kappa shape index (κ2) is 18.0. The predicted octanol–water partition coefficient (Wildman–Crippen LogP) is -0.854. The first-order chi connectivity index (χ1) is 11.1. The summed E-state index contributed by atoms with van der Waals surface area (Å²) >= 11 is 0. The van der Waals surface area contributed by atoms with Crippen LogP contribution in [0.5, 0.6) is 0 Å². The average molecular weight is 371 g/mol. The van der Waals surface area contributed by atoms with Crippen LogP contribution in [0.3, 0.4) is 0 Å². The highest BCUT2D eigenvalue weighted by Gasteiger charge is 2.18. The molecule has 9 heteroatoms. The Hall–Kier alpha value is -0.810. The molecule has 0 amide bonds. The minimum absolute atomic E-state index is 0. The van der Waals surface area contributed by atoms with E-state index in [2.05, 4.69) is 0 Å². The van der Waals surface area contributed by atoms with Crippen molar-refractivity contribution >= 4 is 5.97 Å². The van der Waals surface area contributed by atoms with E-state index in [1.54, 1.807) is 13.8 Å². The van der Waals surface area contributed by atoms with Gasteiger partial charge in [0.15, 0.2) is 0 Å². The summed E-state index contributed by atoms with van der Waals surface area (Å²) in [5.41, 5.74) is 0. The van der Waals surface area contributed by atoms with E-state index in [-0.39, 0.29) is 31.5 Å². The molecule has 0 spiro atoms. The molecule has 5 unspecified atom stereocenters. The Morgan fingerprint density at radius 1 is 0.840 bits per heavy atom. The molecule has 7 N–H and O–H groups in total. The fourth-order valence-corrected chi connectivity index (χ4v) is 2.04. The molecule has 5 atom stereocenters. The zero-order valence-electron chi connectivity index (χ0n) is 15.3. The molecule has 0 saturated carbocycles. The summed E-state index contributed by atoms with van der Waals surface area (Å²) in [7, 11) is 0. The lowest BCUT2D eigenvalue weighted by Gasteiger charge is -2.20. The van der Waals surface area contributed by atoms with E-state index >= 15 is 0 Å². The SMILES string of the molecule is CC(=O)OC(CC(C)O)CC(O)CCO.CC(O)CC(O)CCO.[OH-]. The van der Waals surface area contributed by atoms with E-state index in [9.17, 15) is 9.90 Å². The number of aliphatic hydroxyl groups is 6. The maximum Gasteiger partial charge on any atom is 0.302 e. The van der Waals surface area contributed by atoms with Crippen LogP contribution >= 0.6 is 0 Å². The van der Waals surface area contributed by atoms with Gasteiger partial charge in [-0.25, -0.2) is 0 Å². The minimum atomic E-state index is -0.710. The third-order valence-electron chi connectivity index (χ3n) is 3.01. The molecule has 9 nitrogen and oxygen atoms in total. The number of ether oxygens (including phenoxy) is 1. The van der Waals surface area contributed by atoms with Crippen molar-refractivity contribution in [2.75, 3.05) is 13.2 Å². The van der Waals surface area contributed by atoms with Gasteiger partial charge in [0.2, 0.25) is 0 Å². The van der Waals surface area contributed by atoms with E-state index in [1.807, 2.05) is 0 Å². The number of hydrogen-bond acceptors (Lipinski definition) is 9. The van der Waals surface area contributed by atoms with Gasteiger partial charge in [-0.1, -0.05) is 0 Å². The Morgan fingerprint density at radius 2 is 1.24 bits per heavy atom. The van der Waals surface area contributed by atoms with Crippen LogP contribution in [0.4, 0.5) is 0 Å². The van der Waals surface area contributed by atoms with Gasteiger partial charge in [0.05, 0.1) is 24.4 Å². The van der Waals surface area contributed by atoms with Gasteiger partial charge < -0.3 is 40.9 Å². The highest BCUT2D eigenvalue weighted by molar-refractivity contribution is 5.66. The van der Waals surface area contributed by atoms with Crippen LogP contribution in [0, 0.1) is 0 Å². The first kappa shape index (κ1) is 29.0. The van der Waals surface area contributed by atoms with Crippen LogP contribution in [0.25, 0.3) is 0 Å². The second-order valence-corrected chi connectivity index (χ2v) is 5.97. The van der Waals surface area contributed by atoms with E-state index in [4.69, 9.17) is 30.3 Å². The molecule has 154 valence electrons. The first-order valence-electron chi connectivity index (χ1n) is 8.23. The maximum absolute atomic E-state index is 10.7. The summed E-state index contributed by atoms with van der Waals surface area (Å²) < 4.78 is 4.94. The van der Waals surface area contributed by atoms with Gasteiger partial charge in [-0.2, -0.15) is 0 Å². The highest BCUT2D eigenvalue weighted by Crippen LogP contribution is 2.12. The van der Waals surface area contributed by atoms with Gasteiger partial charge in [0.1, 0.15) is 6.10 Å². The molecule has 25 heavy (non-hydrogen) atoms. The molecule has 0 aromatic heterocycles. The van der Waals surface area contributed by atoms with Crippen molar-refractivity contribution in [1.29, 1.82) is 0 Å². The molecule has 0 radical (unpaired) electrons. The van der Waals surface area contributed by atoms with Gasteiger partial charge in [-0.05, 0) is 33.1 Å². The van der Waals surface area contributed by atoms with Gasteiger partial charge in [-0.15, -0.1) is 0 Å². The number of esters is 1. The van der Waals surface area contributed by atoms with Crippen LogP contribution in [0.1, 0.15) is 52.9 Å². The standard InChI is InChI=1S/C10H20O5.C6H14O3.H2O/c1-7(12)5-10(15-8(2)13)6-9(14)3-4-11;1-5(8)4-6(9)2-3-7;/h7,9-12,14H,3-6H2,1-2H3;5-9H,2-4H2,1H3;1H2/p-1. The van der Waals surface area contributed by atoms with Crippen LogP contribution < -0.4 is 0 Å². The summed E-state index contributed by atoms with van der Waals surface area (Å²) in [5, 5.41) is 53.1. The van der Waals surface area contributed by atoms with Crippen LogP contribution in [0.15, 0.2) is 0 Å². The molecule has 0 aliphatic rings. The van der Waals surface area contributed by atoms with Gasteiger partial charge in [-0.3, -0.25) is 4.79 Å². The monoisotopic (exact) mass is 371 g/mol. The van der Waals surface area contributed by atoms with Crippen molar-refractivity contribution in [3.63, 3.8) is 0 Å². The Kier molecular flexibility index (Phi) is 20.9. The number of rotatable bonds is 11. The molecule has 0 rings (SSSR count). The Morgan fingerprint density at radius 3 is 1.56 bits per heavy atom. The summed E-state index contributed by atoms with van der Waals surface area (Å²) in [6.45, 7) is 4.36. The third-order valence-corrected chi connectivity index (χ3v) is 3.01. The lowest BCUT2D eigenvalue weighted by molar-refractivity contribution is -0.149. The summed E-state index contributed by atoms with van der Waals surface area (Å²) in [6.07, 6.45) is -1.35. The topological polar surface area (TPSA) is 178 Å². The molecule has 0 aliphatic carbocycles. The Bertz CT molecular complexity index is 297. The van der Waals surface area contributed by atoms with E-state index < -0.39 is 36.5 Å². The van der Waals surface area contributed by atoms with Crippen LogP contribution in [-0.2, 0) is 9.53 Å². The fourth-order valence-electron chi connectivity index (χ4n) is 2.04. The summed E-state index contributed by atoms with van der Waals surface area (Å²) in [6, 6.07) is 0. The molecule has 0 heterocycles. The van der Waals surface area contributed by atoms with Gasteiger partial charge >= 0.3 is 5.97 Å². The van der Waals surface area contributed by atoms with Crippen LogP contribution in [0.2, 0.25) is 0 Å². The molecule has 0 aliphatic heterocycles. The van der Waals surface area contributed by atoms with Crippen LogP contribution in [-0.4, -0.2) is 85.8 Å². The molecular formula is C16H35O9-. The van der Waals surface area contributed by atoms with Gasteiger partial charge in [0.25, 0.3) is 0 Å². The fraction of sp³-hybridized carbons (Fsp3) is 0.938. The number of carbonyl (C=O) groups is 1. The van der Waals surface area contributed by atoms with Crippen molar-refractivity contribution in [2.24, 2.45) is 0 Å². The Balaban J connectivity index is -0.000000418. The normalized spacial score (nSPS) is 16.4. The van der Waals surface area contributed by atoms with Crippen molar-refractivity contribution in [2.45, 2.75) is 83.4 Å². The predicted molar refractivity (Wildman–Crippen MR) is 90.1 cm³/mol. The Labute approximate surface area is 149 Å². The van der Waals surface area contributed by atoms with Crippen molar-refractivity contribution < 1.29 is 45.6 Å². The number of aliphatic hydroxyl groups excluding tert-OH is 6. The highest BCUT2D eigenvalue weighted by atomic mass is 16.5. The summed E-state index contributed by atoms with van der Waals surface area (Å²) in [5.74, 6) is -0.433. The molecular weight excluding hydrogens is 336 g/mol. The molecule has 0 aromatic rings. The third kappa shape index (κ3) is 23.2. The van der Waals surface area contributed by atoms with Crippen molar-refractivity contribution in [3.05, 3.63) is 0 Å². The quantitative estimate of drug-likeness (QED) is 0.252. The molecule has 0 aromatic carbocycles. The van der Waals surface area contributed by atoms with E-state index in [0.29, 0.717) is 19.3 Å². The summed E-state index contributed by atoms with van der Waals surface area (Å²) in [4.78, 5) is 10.7. The van der Waals surface area contributed by atoms with Gasteiger partial charge in [0, 0.05) is 33.0 Å². The molecule has 0 bridgehead atoms. The maximum atomic E-state index is 10.7. The number of hydrogen-bond donors (Lipinski definition) is 6. The molecule has 0 saturated heterocycles. The van der Waals surface area contributed by atoms with E-state index in [0.717, 1.165) is 0 Å².